The summed E-state index contributed by atoms with van der Waals surface area (Å²) in [5, 5.41) is 0. The number of piperazine rings is 1. The van der Waals surface area contributed by atoms with Crippen molar-refractivity contribution in [2.75, 3.05) is 29.5 Å². The fraction of sp³-hybridized carbons (Fsp3) is 0.438. The molecule has 0 N–H and O–H groups in total. The van der Waals surface area contributed by atoms with Gasteiger partial charge in [-0.1, -0.05) is 0 Å². The normalized spacial score (nSPS) is 24.3. The molecular weight excluding hydrogens is 356 g/mol. The SMILES string of the molecule is Cc1cnc(C(=O)N2CCN(c3ncccn3)[C@@H]3CS(=O)(=O)C[C@@H]32)cn1. The number of rotatable bonds is 2. The summed E-state index contributed by atoms with van der Waals surface area (Å²) in [5.41, 5.74) is 0.942. The number of sulfone groups is 1. The van der Waals surface area contributed by atoms with E-state index in [0.29, 0.717) is 24.7 Å². The molecule has 2 fully saturated rings. The highest BCUT2D eigenvalue weighted by Crippen LogP contribution is 2.29. The van der Waals surface area contributed by atoms with Gasteiger partial charge in [-0.2, -0.15) is 0 Å². The summed E-state index contributed by atoms with van der Waals surface area (Å²) in [6, 6.07) is 0.897. The molecule has 4 heterocycles. The second-order valence-electron chi connectivity index (χ2n) is 6.50. The van der Waals surface area contributed by atoms with Gasteiger partial charge in [0.1, 0.15) is 5.69 Å². The third-order valence-corrected chi connectivity index (χ3v) is 6.44. The zero-order valence-electron chi connectivity index (χ0n) is 14.2. The van der Waals surface area contributed by atoms with Crippen LogP contribution in [0.1, 0.15) is 16.2 Å². The van der Waals surface area contributed by atoms with E-state index in [1.807, 2.05) is 4.90 Å². The number of fused-ring (bicyclic) bond motifs is 1. The topological polar surface area (TPSA) is 109 Å². The van der Waals surface area contributed by atoms with E-state index in [1.54, 1.807) is 30.3 Å². The molecule has 2 aromatic heterocycles. The third kappa shape index (κ3) is 3.00. The van der Waals surface area contributed by atoms with Gasteiger partial charge in [0.15, 0.2) is 9.84 Å². The molecule has 2 atom stereocenters. The maximum Gasteiger partial charge on any atom is 0.274 e. The molecule has 10 heteroatoms. The Balaban J connectivity index is 1.65. The largest absolute Gasteiger partial charge is 0.333 e. The van der Waals surface area contributed by atoms with Gasteiger partial charge in [0.25, 0.3) is 5.91 Å². The molecule has 2 aliphatic heterocycles. The van der Waals surface area contributed by atoms with Crippen LogP contribution in [0.2, 0.25) is 0 Å². The highest BCUT2D eigenvalue weighted by atomic mass is 32.2. The minimum atomic E-state index is -3.25. The van der Waals surface area contributed by atoms with Crippen molar-refractivity contribution in [3.8, 4) is 0 Å². The van der Waals surface area contributed by atoms with Gasteiger partial charge in [0, 0.05) is 31.7 Å². The molecule has 2 aromatic rings. The van der Waals surface area contributed by atoms with Crippen LogP contribution in [0.5, 0.6) is 0 Å². The lowest BCUT2D eigenvalue weighted by Crippen LogP contribution is -2.61. The van der Waals surface area contributed by atoms with Gasteiger partial charge in [-0.25, -0.2) is 23.4 Å². The van der Waals surface area contributed by atoms with Crippen LogP contribution in [-0.2, 0) is 9.84 Å². The predicted octanol–water partition coefficient (Wildman–Crippen LogP) is -0.297. The molecule has 9 nitrogen and oxygen atoms in total. The van der Waals surface area contributed by atoms with Crippen LogP contribution in [0, 0.1) is 6.92 Å². The Morgan fingerprint density at radius 3 is 2.46 bits per heavy atom. The highest BCUT2D eigenvalue weighted by molar-refractivity contribution is 7.91. The lowest BCUT2D eigenvalue weighted by atomic mass is 10.0. The maximum absolute atomic E-state index is 12.9. The monoisotopic (exact) mass is 374 g/mol. The number of hydrogen-bond donors (Lipinski definition) is 0. The van der Waals surface area contributed by atoms with Crippen molar-refractivity contribution in [2.45, 2.75) is 19.0 Å². The van der Waals surface area contributed by atoms with Gasteiger partial charge in [0.2, 0.25) is 5.95 Å². The van der Waals surface area contributed by atoms with Crippen LogP contribution in [0.15, 0.2) is 30.9 Å². The number of nitrogens with zero attached hydrogens (tertiary/aromatic N) is 6. The first-order chi connectivity index (χ1) is 12.4. The van der Waals surface area contributed by atoms with Gasteiger partial charge < -0.3 is 9.80 Å². The first-order valence-corrected chi connectivity index (χ1v) is 10.1. The number of anilines is 1. The molecule has 0 aliphatic carbocycles. The molecule has 2 aliphatic rings. The fourth-order valence-corrected chi connectivity index (χ4v) is 5.52. The molecule has 136 valence electrons. The van der Waals surface area contributed by atoms with E-state index in [9.17, 15) is 13.2 Å². The number of aryl methyl sites for hydroxylation is 1. The van der Waals surface area contributed by atoms with Crippen molar-refractivity contribution in [1.82, 2.24) is 24.8 Å². The van der Waals surface area contributed by atoms with Gasteiger partial charge in [-0.15, -0.1) is 0 Å². The maximum atomic E-state index is 12.9. The Morgan fingerprint density at radius 2 is 1.77 bits per heavy atom. The van der Waals surface area contributed by atoms with Crippen LogP contribution < -0.4 is 4.90 Å². The van der Waals surface area contributed by atoms with Crippen molar-refractivity contribution < 1.29 is 13.2 Å². The Morgan fingerprint density at radius 1 is 1.04 bits per heavy atom. The van der Waals surface area contributed by atoms with E-state index in [4.69, 9.17) is 0 Å². The van der Waals surface area contributed by atoms with Crippen LogP contribution in [0.4, 0.5) is 5.95 Å². The molecule has 0 bridgehead atoms. The number of carbonyl (C=O) groups excluding carboxylic acids is 1. The predicted molar refractivity (Wildman–Crippen MR) is 93.4 cm³/mol. The summed E-state index contributed by atoms with van der Waals surface area (Å²) in [4.78, 5) is 33.1. The van der Waals surface area contributed by atoms with Crippen molar-refractivity contribution in [3.63, 3.8) is 0 Å². The molecule has 0 radical (unpaired) electrons. The van der Waals surface area contributed by atoms with Crippen molar-refractivity contribution >= 4 is 21.7 Å². The molecule has 0 aromatic carbocycles. The average Bonchev–Trinajstić information content (AvgIpc) is 2.96. The first kappa shape index (κ1) is 16.8. The van der Waals surface area contributed by atoms with E-state index in [2.05, 4.69) is 19.9 Å². The van der Waals surface area contributed by atoms with Crippen LogP contribution in [0.3, 0.4) is 0 Å². The summed E-state index contributed by atoms with van der Waals surface area (Å²) in [6.45, 7) is 2.63. The van der Waals surface area contributed by atoms with Crippen LogP contribution in [-0.4, -0.2) is 75.8 Å². The van der Waals surface area contributed by atoms with Gasteiger partial charge in [0.05, 0.1) is 35.5 Å². The smallest absolute Gasteiger partial charge is 0.274 e. The van der Waals surface area contributed by atoms with Gasteiger partial charge >= 0.3 is 0 Å². The first-order valence-electron chi connectivity index (χ1n) is 8.28. The summed E-state index contributed by atoms with van der Waals surface area (Å²) in [7, 11) is -3.25. The standard InChI is InChI=1S/C16H18N6O3S/c1-11-7-20-12(8-19-11)15(23)21-5-6-22(16-17-3-2-4-18-16)14-10-26(24,25)9-13(14)21/h2-4,7-8,13-14H,5-6,9-10H2,1H3/t13-,14+/m0/s1. The molecule has 2 saturated heterocycles. The zero-order valence-corrected chi connectivity index (χ0v) is 15.0. The van der Waals surface area contributed by atoms with Crippen molar-refractivity contribution in [3.05, 3.63) is 42.2 Å². The van der Waals surface area contributed by atoms with Crippen LogP contribution >= 0.6 is 0 Å². The molecule has 1 amide bonds. The van der Waals surface area contributed by atoms with E-state index >= 15 is 0 Å². The molecule has 0 unspecified atom stereocenters. The fourth-order valence-electron chi connectivity index (χ4n) is 3.54. The summed E-state index contributed by atoms with van der Waals surface area (Å²) in [5.74, 6) is 0.116. The Kier molecular flexibility index (Phi) is 4.06. The second kappa shape index (κ2) is 6.27. The van der Waals surface area contributed by atoms with E-state index < -0.39 is 15.9 Å². The minimum Gasteiger partial charge on any atom is -0.333 e. The zero-order chi connectivity index (χ0) is 18.3. The Bertz CT molecular complexity index is 919. The summed E-state index contributed by atoms with van der Waals surface area (Å²) >= 11 is 0. The van der Waals surface area contributed by atoms with Crippen molar-refractivity contribution in [1.29, 1.82) is 0 Å². The molecule has 0 spiro atoms. The second-order valence-corrected chi connectivity index (χ2v) is 8.65. The average molecular weight is 374 g/mol. The quantitative estimate of drug-likeness (QED) is 0.705. The summed E-state index contributed by atoms with van der Waals surface area (Å²) < 4.78 is 24.6. The van der Waals surface area contributed by atoms with E-state index in [1.165, 1.54) is 12.4 Å². The highest BCUT2D eigenvalue weighted by Gasteiger charge is 2.49. The minimum absolute atomic E-state index is 0.0146. The number of hydrogen-bond acceptors (Lipinski definition) is 8. The summed E-state index contributed by atoms with van der Waals surface area (Å²) in [6.07, 6.45) is 6.22. The molecular formula is C16H18N6O3S. The number of amides is 1. The number of aromatic nitrogens is 4. The third-order valence-electron chi connectivity index (χ3n) is 4.75. The molecule has 4 rings (SSSR count). The Hall–Kier alpha value is -2.62. The van der Waals surface area contributed by atoms with Crippen LogP contribution in [0.25, 0.3) is 0 Å². The van der Waals surface area contributed by atoms with Gasteiger partial charge in [-0.3, -0.25) is 9.78 Å². The van der Waals surface area contributed by atoms with Crippen molar-refractivity contribution in [2.24, 2.45) is 0 Å². The lowest BCUT2D eigenvalue weighted by Gasteiger charge is -2.43. The molecule has 0 saturated carbocycles. The number of carbonyl (C=O) groups is 1. The molecule has 26 heavy (non-hydrogen) atoms. The lowest BCUT2D eigenvalue weighted by molar-refractivity contribution is 0.0641. The van der Waals surface area contributed by atoms with Gasteiger partial charge in [-0.05, 0) is 13.0 Å². The van der Waals surface area contributed by atoms with E-state index in [-0.39, 0.29) is 29.1 Å². The van der Waals surface area contributed by atoms with E-state index in [0.717, 1.165) is 0 Å². The Labute approximate surface area is 151 Å².